The summed E-state index contributed by atoms with van der Waals surface area (Å²) in [5.41, 5.74) is 5.51. The van der Waals surface area contributed by atoms with Gasteiger partial charge in [0.1, 0.15) is 6.04 Å². The van der Waals surface area contributed by atoms with E-state index in [1.54, 1.807) is 0 Å². The van der Waals surface area contributed by atoms with Crippen molar-refractivity contribution in [3.63, 3.8) is 0 Å². The first kappa shape index (κ1) is 16.9. The molecule has 0 saturated carbocycles. The van der Waals surface area contributed by atoms with E-state index in [0.29, 0.717) is 0 Å². The molecule has 106 valence electrons. The van der Waals surface area contributed by atoms with Crippen LogP contribution in [0.15, 0.2) is 0 Å². The minimum atomic E-state index is -0.659. The van der Waals surface area contributed by atoms with Gasteiger partial charge in [0.25, 0.3) is 0 Å². The number of methoxy groups -OCH3 is 1. The van der Waals surface area contributed by atoms with Gasteiger partial charge in [-0.2, -0.15) is 0 Å². The van der Waals surface area contributed by atoms with Crippen LogP contribution in [0, 0.1) is 11.3 Å². The zero-order valence-electron chi connectivity index (χ0n) is 12.2. The van der Waals surface area contributed by atoms with Crippen LogP contribution in [0.2, 0.25) is 0 Å². The van der Waals surface area contributed by atoms with Gasteiger partial charge in [0, 0.05) is 0 Å². The second-order valence-electron chi connectivity index (χ2n) is 5.74. The quantitative estimate of drug-likeness (QED) is 0.723. The molecule has 0 aliphatic rings. The predicted molar refractivity (Wildman–Crippen MR) is 70.8 cm³/mol. The Bertz CT molecular complexity index is 297. The molecule has 0 aromatic rings. The highest BCUT2D eigenvalue weighted by Crippen LogP contribution is 2.18. The number of carbonyl (C=O) groups is 2. The lowest BCUT2D eigenvalue weighted by Gasteiger charge is -2.29. The van der Waals surface area contributed by atoms with Crippen molar-refractivity contribution in [3.8, 4) is 0 Å². The highest BCUT2D eigenvalue weighted by atomic mass is 16.5. The Balaban J connectivity index is 4.79. The first-order valence-electron chi connectivity index (χ1n) is 6.28. The van der Waals surface area contributed by atoms with Crippen LogP contribution in [-0.4, -0.2) is 31.1 Å². The van der Waals surface area contributed by atoms with Crippen LogP contribution in [0.4, 0.5) is 0 Å². The Morgan fingerprint density at radius 3 is 2.17 bits per heavy atom. The molecule has 0 radical (unpaired) electrons. The molecule has 0 bridgehead atoms. The molecule has 3 atom stereocenters. The zero-order valence-corrected chi connectivity index (χ0v) is 12.2. The summed E-state index contributed by atoms with van der Waals surface area (Å²) >= 11 is 0. The Labute approximate surface area is 109 Å². The van der Waals surface area contributed by atoms with Crippen LogP contribution in [-0.2, 0) is 14.3 Å². The van der Waals surface area contributed by atoms with E-state index in [9.17, 15) is 9.59 Å². The summed E-state index contributed by atoms with van der Waals surface area (Å²) in [5, 5.41) is 2.69. The molecule has 3 unspecified atom stereocenters. The van der Waals surface area contributed by atoms with Crippen LogP contribution in [0.3, 0.4) is 0 Å². The normalized spacial score (nSPS) is 16.6. The van der Waals surface area contributed by atoms with Crippen LogP contribution in [0.1, 0.15) is 41.0 Å². The number of hydrogen-bond acceptors (Lipinski definition) is 4. The molecule has 0 saturated heterocycles. The second-order valence-corrected chi connectivity index (χ2v) is 5.74. The molecular weight excluding hydrogens is 232 g/mol. The predicted octanol–water partition coefficient (Wildman–Crippen LogP) is 1.06. The Kier molecular flexibility index (Phi) is 6.32. The number of ether oxygens (including phenoxy) is 1. The number of hydrogen-bond donors (Lipinski definition) is 2. The summed E-state index contributed by atoms with van der Waals surface area (Å²) in [6, 6.07) is -1.30. The van der Waals surface area contributed by atoms with Crippen LogP contribution in [0.25, 0.3) is 0 Å². The molecule has 0 aliphatic carbocycles. The van der Waals surface area contributed by atoms with Gasteiger partial charge in [0.15, 0.2) is 0 Å². The standard InChI is InChI=1S/C13H26N2O3/c1-7-8(2)9(12(17)18-6)15-11(16)10(14)13(3,4)5/h8-10H,7,14H2,1-6H3,(H,15,16). The van der Waals surface area contributed by atoms with Crippen LogP contribution in [0.5, 0.6) is 0 Å². The molecule has 0 aromatic heterocycles. The largest absolute Gasteiger partial charge is 0.467 e. The Morgan fingerprint density at radius 2 is 1.83 bits per heavy atom. The fourth-order valence-corrected chi connectivity index (χ4v) is 1.43. The van der Waals surface area contributed by atoms with Crippen molar-refractivity contribution in [2.45, 2.75) is 53.1 Å². The van der Waals surface area contributed by atoms with Crippen molar-refractivity contribution in [1.29, 1.82) is 0 Å². The smallest absolute Gasteiger partial charge is 0.328 e. The minimum Gasteiger partial charge on any atom is -0.467 e. The highest BCUT2D eigenvalue weighted by molar-refractivity contribution is 5.88. The molecule has 5 nitrogen and oxygen atoms in total. The molecule has 18 heavy (non-hydrogen) atoms. The average Bonchev–Trinajstić information content (AvgIpc) is 2.31. The summed E-state index contributed by atoms with van der Waals surface area (Å²) < 4.78 is 4.71. The molecule has 1 amide bonds. The van der Waals surface area contributed by atoms with E-state index >= 15 is 0 Å². The summed E-state index contributed by atoms with van der Waals surface area (Å²) in [6.07, 6.45) is 0.769. The van der Waals surface area contributed by atoms with Gasteiger partial charge in [-0.15, -0.1) is 0 Å². The van der Waals surface area contributed by atoms with E-state index in [1.165, 1.54) is 7.11 Å². The molecule has 0 fully saturated rings. The lowest BCUT2D eigenvalue weighted by Crippen LogP contribution is -2.55. The van der Waals surface area contributed by atoms with Gasteiger partial charge in [-0.3, -0.25) is 4.79 Å². The van der Waals surface area contributed by atoms with Crippen molar-refractivity contribution in [2.24, 2.45) is 17.1 Å². The first-order chi connectivity index (χ1) is 8.15. The second kappa shape index (κ2) is 6.73. The first-order valence-corrected chi connectivity index (χ1v) is 6.28. The monoisotopic (exact) mass is 258 g/mol. The number of esters is 1. The summed E-state index contributed by atoms with van der Waals surface area (Å²) in [4.78, 5) is 23.6. The topological polar surface area (TPSA) is 81.4 Å². The zero-order chi connectivity index (χ0) is 14.5. The van der Waals surface area contributed by atoms with Crippen molar-refractivity contribution < 1.29 is 14.3 Å². The van der Waals surface area contributed by atoms with Gasteiger partial charge in [-0.1, -0.05) is 41.0 Å². The number of carbonyl (C=O) groups excluding carboxylic acids is 2. The SMILES string of the molecule is CCC(C)C(NC(=O)C(N)C(C)(C)C)C(=O)OC. The van der Waals surface area contributed by atoms with E-state index < -0.39 is 18.1 Å². The molecule has 3 N–H and O–H groups in total. The van der Waals surface area contributed by atoms with Crippen molar-refractivity contribution in [2.75, 3.05) is 7.11 Å². The Morgan fingerprint density at radius 1 is 1.33 bits per heavy atom. The van der Waals surface area contributed by atoms with Gasteiger partial charge < -0.3 is 15.8 Å². The summed E-state index contributed by atoms with van der Waals surface area (Å²) in [7, 11) is 1.31. The number of nitrogens with two attached hydrogens (primary N) is 1. The maximum absolute atomic E-state index is 12.0. The lowest BCUT2D eigenvalue weighted by molar-refractivity contribution is -0.147. The highest BCUT2D eigenvalue weighted by Gasteiger charge is 2.32. The van der Waals surface area contributed by atoms with Gasteiger partial charge >= 0.3 is 5.97 Å². The third-order valence-electron chi connectivity index (χ3n) is 3.18. The van der Waals surface area contributed by atoms with Gasteiger partial charge in [-0.25, -0.2) is 4.79 Å². The number of nitrogens with one attached hydrogen (secondary N) is 1. The molecule has 5 heteroatoms. The maximum Gasteiger partial charge on any atom is 0.328 e. The van der Waals surface area contributed by atoms with E-state index in [4.69, 9.17) is 10.5 Å². The van der Waals surface area contributed by atoms with E-state index in [1.807, 2.05) is 34.6 Å². The summed E-state index contributed by atoms with van der Waals surface area (Å²) in [5.74, 6) is -0.745. The van der Waals surface area contributed by atoms with Gasteiger partial charge in [0.05, 0.1) is 13.2 Å². The maximum atomic E-state index is 12.0. The van der Waals surface area contributed by atoms with E-state index in [-0.39, 0.29) is 17.2 Å². The van der Waals surface area contributed by atoms with Crippen LogP contribution >= 0.6 is 0 Å². The third kappa shape index (κ3) is 4.64. The molecule has 0 heterocycles. The molecule has 0 spiro atoms. The third-order valence-corrected chi connectivity index (χ3v) is 3.18. The number of amides is 1. The molecular formula is C13H26N2O3. The van der Waals surface area contributed by atoms with Crippen molar-refractivity contribution in [1.82, 2.24) is 5.32 Å². The fraction of sp³-hybridized carbons (Fsp3) is 0.846. The van der Waals surface area contributed by atoms with Crippen LogP contribution < -0.4 is 11.1 Å². The fourth-order valence-electron chi connectivity index (χ4n) is 1.43. The van der Waals surface area contributed by atoms with Crippen molar-refractivity contribution in [3.05, 3.63) is 0 Å². The van der Waals surface area contributed by atoms with Gasteiger partial charge in [0.2, 0.25) is 5.91 Å². The number of rotatable bonds is 5. The lowest BCUT2D eigenvalue weighted by atomic mass is 9.86. The summed E-state index contributed by atoms with van der Waals surface area (Å²) in [6.45, 7) is 9.50. The average molecular weight is 258 g/mol. The molecule has 0 aromatic carbocycles. The van der Waals surface area contributed by atoms with Gasteiger partial charge in [-0.05, 0) is 11.3 Å². The van der Waals surface area contributed by atoms with E-state index in [0.717, 1.165) is 6.42 Å². The Hall–Kier alpha value is -1.10. The molecule has 0 rings (SSSR count). The minimum absolute atomic E-state index is 0.00793. The molecule has 0 aliphatic heterocycles. The van der Waals surface area contributed by atoms with Crippen molar-refractivity contribution >= 4 is 11.9 Å². The van der Waals surface area contributed by atoms with E-state index in [2.05, 4.69) is 5.32 Å².